The normalized spacial score (nSPS) is 21.7. The smallest absolute Gasteiger partial charge is 0.0822 e. The molecular formula is C22H33N5. The second kappa shape index (κ2) is 8.87. The van der Waals surface area contributed by atoms with Crippen molar-refractivity contribution in [3.8, 4) is 0 Å². The van der Waals surface area contributed by atoms with Crippen molar-refractivity contribution in [2.24, 2.45) is 9.98 Å². The third kappa shape index (κ3) is 4.70. The van der Waals surface area contributed by atoms with Gasteiger partial charge in [0.05, 0.1) is 17.4 Å². The molecule has 1 unspecified atom stereocenters. The summed E-state index contributed by atoms with van der Waals surface area (Å²) in [6, 6.07) is 0.170. The minimum Gasteiger partial charge on any atom is -0.299 e. The Morgan fingerprint density at radius 2 is 1.81 bits per heavy atom. The Labute approximate surface area is 163 Å². The van der Waals surface area contributed by atoms with Crippen LogP contribution in [0.25, 0.3) is 0 Å². The number of rotatable bonds is 5. The van der Waals surface area contributed by atoms with Gasteiger partial charge < -0.3 is 0 Å². The van der Waals surface area contributed by atoms with Crippen LogP contribution >= 0.6 is 0 Å². The van der Waals surface area contributed by atoms with E-state index in [-0.39, 0.29) is 6.04 Å². The highest BCUT2D eigenvalue weighted by molar-refractivity contribution is 5.84. The van der Waals surface area contributed by atoms with Crippen LogP contribution in [0.5, 0.6) is 0 Å². The molecule has 5 nitrogen and oxygen atoms in total. The molecule has 2 aliphatic heterocycles. The third-order valence-corrected chi connectivity index (χ3v) is 5.93. The van der Waals surface area contributed by atoms with Crippen molar-refractivity contribution in [3.05, 3.63) is 33.8 Å². The Balaban J connectivity index is 1.63. The van der Waals surface area contributed by atoms with E-state index in [1.165, 1.54) is 28.1 Å². The molecule has 0 amide bonds. The predicted molar refractivity (Wildman–Crippen MR) is 113 cm³/mol. The van der Waals surface area contributed by atoms with Crippen LogP contribution < -0.4 is 0 Å². The largest absolute Gasteiger partial charge is 0.299 e. The van der Waals surface area contributed by atoms with Gasteiger partial charge >= 0.3 is 0 Å². The van der Waals surface area contributed by atoms with Crippen molar-refractivity contribution in [1.29, 1.82) is 0 Å². The molecule has 0 spiro atoms. The Bertz CT molecular complexity index is 754. The van der Waals surface area contributed by atoms with Gasteiger partial charge in [0.1, 0.15) is 0 Å². The molecule has 2 aliphatic rings. The molecular weight excluding hydrogens is 334 g/mol. The first-order valence-corrected chi connectivity index (χ1v) is 10.3. The predicted octanol–water partition coefficient (Wildman–Crippen LogP) is 4.04. The van der Waals surface area contributed by atoms with E-state index in [9.17, 15) is 0 Å². The summed E-state index contributed by atoms with van der Waals surface area (Å²) >= 11 is 0. The van der Waals surface area contributed by atoms with Crippen LogP contribution in [0.3, 0.4) is 0 Å². The van der Waals surface area contributed by atoms with Crippen molar-refractivity contribution in [2.75, 3.05) is 19.6 Å². The Hall–Kier alpha value is -1.88. The van der Waals surface area contributed by atoms with Gasteiger partial charge in [0.15, 0.2) is 0 Å². The van der Waals surface area contributed by atoms with E-state index >= 15 is 0 Å². The van der Waals surface area contributed by atoms with Crippen molar-refractivity contribution in [3.63, 3.8) is 0 Å². The number of aryl methyl sites for hydroxylation is 1. The Morgan fingerprint density at radius 3 is 2.52 bits per heavy atom. The second-order valence-electron chi connectivity index (χ2n) is 7.99. The molecule has 0 aromatic carbocycles. The SMILES string of the molecule is CCCc1nnc(C2CCN(CC3=C(C)N=CC(C)N=C3)CC2)c(C)c1C. The second-order valence-corrected chi connectivity index (χ2v) is 7.99. The van der Waals surface area contributed by atoms with Crippen molar-refractivity contribution < 1.29 is 0 Å². The quantitative estimate of drug-likeness (QED) is 0.789. The van der Waals surface area contributed by atoms with Gasteiger partial charge in [0.2, 0.25) is 0 Å². The topological polar surface area (TPSA) is 53.7 Å². The van der Waals surface area contributed by atoms with E-state index in [0.717, 1.165) is 51.0 Å². The first-order valence-electron chi connectivity index (χ1n) is 10.3. The lowest BCUT2D eigenvalue weighted by Crippen LogP contribution is -2.35. The highest BCUT2D eigenvalue weighted by Crippen LogP contribution is 2.30. The molecule has 1 fully saturated rings. The molecule has 1 aromatic rings. The zero-order valence-electron chi connectivity index (χ0n) is 17.5. The van der Waals surface area contributed by atoms with Gasteiger partial charge in [-0.1, -0.05) is 13.3 Å². The van der Waals surface area contributed by atoms with E-state index in [2.05, 4.69) is 59.7 Å². The van der Waals surface area contributed by atoms with Gasteiger partial charge in [-0.15, -0.1) is 0 Å². The lowest BCUT2D eigenvalue weighted by molar-refractivity contribution is 0.227. The molecule has 0 N–H and O–H groups in total. The maximum atomic E-state index is 4.64. The third-order valence-electron chi connectivity index (χ3n) is 5.93. The van der Waals surface area contributed by atoms with Crippen LogP contribution in [-0.2, 0) is 6.42 Å². The number of aromatic nitrogens is 2. The van der Waals surface area contributed by atoms with Crippen LogP contribution in [0.1, 0.15) is 68.5 Å². The molecule has 0 saturated carbocycles. The molecule has 3 rings (SSSR count). The number of likely N-dealkylation sites (tertiary alicyclic amines) is 1. The van der Waals surface area contributed by atoms with E-state index in [1.807, 2.05) is 12.4 Å². The summed E-state index contributed by atoms with van der Waals surface area (Å²) in [6.45, 7) is 13.9. The minimum atomic E-state index is 0.170. The average Bonchev–Trinajstić information content (AvgIpc) is 2.82. The van der Waals surface area contributed by atoms with E-state index in [0.29, 0.717) is 5.92 Å². The minimum absolute atomic E-state index is 0.170. The van der Waals surface area contributed by atoms with Crippen molar-refractivity contribution >= 4 is 12.4 Å². The number of hydrogen-bond acceptors (Lipinski definition) is 5. The van der Waals surface area contributed by atoms with Gasteiger partial charge in [-0.3, -0.25) is 14.9 Å². The molecule has 0 aliphatic carbocycles. The molecule has 3 heterocycles. The summed E-state index contributed by atoms with van der Waals surface area (Å²) in [4.78, 5) is 11.6. The average molecular weight is 368 g/mol. The number of allylic oxidation sites excluding steroid dienone is 1. The number of nitrogens with zero attached hydrogens (tertiary/aromatic N) is 5. The highest BCUT2D eigenvalue weighted by atomic mass is 15.1. The van der Waals surface area contributed by atoms with Gasteiger partial charge in [0, 0.05) is 36.2 Å². The summed E-state index contributed by atoms with van der Waals surface area (Å²) in [5.41, 5.74) is 7.41. The van der Waals surface area contributed by atoms with E-state index < -0.39 is 0 Å². The fraction of sp³-hybridized carbons (Fsp3) is 0.636. The van der Waals surface area contributed by atoms with Gasteiger partial charge in [-0.05, 0) is 71.2 Å². The van der Waals surface area contributed by atoms with Crippen LogP contribution in [0.4, 0.5) is 0 Å². The summed E-state index contributed by atoms with van der Waals surface area (Å²) in [5.74, 6) is 0.527. The Kier molecular flexibility index (Phi) is 6.53. The molecule has 0 radical (unpaired) electrons. The molecule has 1 saturated heterocycles. The maximum absolute atomic E-state index is 4.64. The summed E-state index contributed by atoms with van der Waals surface area (Å²) in [7, 11) is 0. The zero-order valence-corrected chi connectivity index (χ0v) is 17.5. The van der Waals surface area contributed by atoms with Crippen LogP contribution in [0, 0.1) is 13.8 Å². The van der Waals surface area contributed by atoms with Crippen molar-refractivity contribution in [1.82, 2.24) is 15.1 Å². The van der Waals surface area contributed by atoms with Gasteiger partial charge in [-0.2, -0.15) is 10.2 Å². The van der Waals surface area contributed by atoms with Gasteiger partial charge in [-0.25, -0.2) is 0 Å². The van der Waals surface area contributed by atoms with Crippen LogP contribution in [0.15, 0.2) is 21.3 Å². The van der Waals surface area contributed by atoms with Crippen LogP contribution in [0.2, 0.25) is 0 Å². The van der Waals surface area contributed by atoms with Gasteiger partial charge in [0.25, 0.3) is 0 Å². The first-order chi connectivity index (χ1) is 13.0. The number of aliphatic imine (C=N–C) groups is 2. The van der Waals surface area contributed by atoms with Crippen LogP contribution in [-0.4, -0.2) is 53.2 Å². The summed E-state index contributed by atoms with van der Waals surface area (Å²) < 4.78 is 0. The Morgan fingerprint density at radius 1 is 1.07 bits per heavy atom. The molecule has 1 aromatic heterocycles. The molecule has 27 heavy (non-hydrogen) atoms. The fourth-order valence-electron chi connectivity index (χ4n) is 3.94. The molecule has 1 atom stereocenters. The zero-order chi connectivity index (χ0) is 19.4. The maximum Gasteiger partial charge on any atom is 0.0822 e. The molecule has 5 heteroatoms. The fourth-order valence-corrected chi connectivity index (χ4v) is 3.94. The lowest BCUT2D eigenvalue weighted by atomic mass is 9.89. The monoisotopic (exact) mass is 367 g/mol. The number of hydrogen-bond donors (Lipinski definition) is 0. The number of piperidine rings is 1. The lowest BCUT2D eigenvalue weighted by Gasteiger charge is -2.32. The highest BCUT2D eigenvalue weighted by Gasteiger charge is 2.25. The summed E-state index contributed by atoms with van der Waals surface area (Å²) in [5, 5.41) is 9.18. The molecule has 0 bridgehead atoms. The standard InChI is InChI=1S/C22H33N5/c1-6-7-21-16(3)17(4)22(26-25-21)19-8-10-27(11-9-19)14-20-13-23-15(2)12-24-18(20)5/h12-13,15,19H,6-11,14H2,1-5H3. The summed E-state index contributed by atoms with van der Waals surface area (Å²) in [6.07, 6.45) is 8.38. The van der Waals surface area contributed by atoms with E-state index in [1.54, 1.807) is 0 Å². The molecule has 146 valence electrons. The van der Waals surface area contributed by atoms with E-state index in [4.69, 9.17) is 0 Å². The van der Waals surface area contributed by atoms with Crippen molar-refractivity contribution in [2.45, 2.75) is 72.3 Å². The first kappa shape index (κ1) is 19.9.